The molecule has 2 fully saturated rings. The van der Waals surface area contributed by atoms with E-state index in [1.165, 1.54) is 12.1 Å². The molecular weight excluding hydrogens is 543 g/mol. The third-order valence-corrected chi connectivity index (χ3v) is 9.79. The zero-order chi connectivity index (χ0) is 28.7. The number of hydrogen-bond donors (Lipinski definition) is 2. The predicted octanol–water partition coefficient (Wildman–Crippen LogP) is 5.01. The van der Waals surface area contributed by atoms with E-state index >= 15 is 0 Å². The Kier molecular flexibility index (Phi) is 8.00. The van der Waals surface area contributed by atoms with Gasteiger partial charge in [-0.3, -0.25) is 9.69 Å². The van der Waals surface area contributed by atoms with E-state index in [2.05, 4.69) is 14.8 Å². The smallest absolute Gasteiger partial charge is 0.391 e. The molecule has 0 radical (unpaired) electrons. The van der Waals surface area contributed by atoms with E-state index in [1.54, 1.807) is 31.2 Å². The van der Waals surface area contributed by atoms with Gasteiger partial charge in [-0.1, -0.05) is 19.1 Å². The van der Waals surface area contributed by atoms with Crippen LogP contribution in [0.15, 0.2) is 53.4 Å². The maximum atomic E-state index is 13.1. The summed E-state index contributed by atoms with van der Waals surface area (Å²) in [6, 6.07) is 13.2. The van der Waals surface area contributed by atoms with Gasteiger partial charge in [-0.25, -0.2) is 8.42 Å². The molecule has 2 N–H and O–H groups in total. The Morgan fingerprint density at radius 2 is 1.73 bits per heavy atom. The molecule has 5 rings (SSSR count). The average molecular weight is 578 g/mol. The Hall–Kier alpha value is -2.89. The van der Waals surface area contributed by atoms with Gasteiger partial charge in [0.15, 0.2) is 9.84 Å². The number of alkyl halides is 3. The number of nitrogens with one attached hydrogen (secondary N) is 1. The summed E-state index contributed by atoms with van der Waals surface area (Å²) < 4.78 is 65.7. The van der Waals surface area contributed by atoms with Crippen molar-refractivity contribution in [1.82, 2.24) is 14.8 Å². The molecular formula is C29H34F3N3O4S. The molecule has 216 valence electrons. The number of amides is 1. The summed E-state index contributed by atoms with van der Waals surface area (Å²) in [5, 5.41) is 13.7. The molecule has 1 aliphatic carbocycles. The molecule has 40 heavy (non-hydrogen) atoms. The number of likely N-dealkylation sites (tertiary alicyclic amines) is 1. The number of aromatic nitrogens is 1. The number of sulfone groups is 1. The normalized spacial score (nSPS) is 18.2. The van der Waals surface area contributed by atoms with Gasteiger partial charge in [0.2, 0.25) is 0 Å². The molecule has 1 atom stereocenters. The number of benzene rings is 2. The van der Waals surface area contributed by atoms with E-state index in [-0.39, 0.29) is 36.0 Å². The van der Waals surface area contributed by atoms with Crippen LogP contribution in [0.25, 0.3) is 10.9 Å². The van der Waals surface area contributed by atoms with Crippen molar-refractivity contribution in [3.63, 3.8) is 0 Å². The average Bonchev–Trinajstić information content (AvgIpc) is 3.71. The highest BCUT2D eigenvalue weighted by atomic mass is 32.2. The van der Waals surface area contributed by atoms with Crippen LogP contribution >= 0.6 is 0 Å². The van der Waals surface area contributed by atoms with E-state index in [1.807, 2.05) is 12.1 Å². The van der Waals surface area contributed by atoms with E-state index in [0.717, 1.165) is 29.4 Å². The first-order valence-electron chi connectivity index (χ1n) is 13.7. The lowest BCUT2D eigenvalue weighted by atomic mass is 9.96. The molecule has 1 saturated carbocycles. The fourth-order valence-corrected chi connectivity index (χ4v) is 6.40. The zero-order valence-corrected chi connectivity index (χ0v) is 23.1. The highest BCUT2D eigenvalue weighted by Crippen LogP contribution is 2.41. The first kappa shape index (κ1) is 28.6. The summed E-state index contributed by atoms with van der Waals surface area (Å²) in [6.45, 7) is 2.57. The monoisotopic (exact) mass is 577 g/mol. The molecule has 11 heteroatoms. The second-order valence-corrected chi connectivity index (χ2v) is 13.1. The fourth-order valence-electron chi connectivity index (χ4n) is 5.52. The summed E-state index contributed by atoms with van der Waals surface area (Å²) in [6.07, 6.45) is -1.82. The summed E-state index contributed by atoms with van der Waals surface area (Å²) >= 11 is 0. The van der Waals surface area contributed by atoms with Gasteiger partial charge in [-0.2, -0.15) is 13.2 Å². The van der Waals surface area contributed by atoms with Crippen molar-refractivity contribution in [2.75, 3.05) is 25.4 Å². The molecule has 1 saturated heterocycles. The molecule has 3 aromatic rings. The second kappa shape index (κ2) is 11.2. The van der Waals surface area contributed by atoms with Gasteiger partial charge in [-0.05, 0) is 80.7 Å². The van der Waals surface area contributed by atoms with Crippen molar-refractivity contribution < 1.29 is 31.5 Å². The van der Waals surface area contributed by atoms with Crippen molar-refractivity contribution in [3.05, 3.63) is 65.4 Å². The third-order valence-electron chi connectivity index (χ3n) is 8.04. The zero-order valence-electron chi connectivity index (χ0n) is 22.3. The van der Waals surface area contributed by atoms with E-state index in [4.69, 9.17) is 0 Å². The Labute approximate surface area is 231 Å². The van der Waals surface area contributed by atoms with Crippen molar-refractivity contribution in [2.45, 2.75) is 62.3 Å². The number of fused-ring (bicyclic) bond motifs is 1. The van der Waals surface area contributed by atoms with Gasteiger partial charge in [0.05, 0.1) is 29.2 Å². The van der Waals surface area contributed by atoms with Crippen LogP contribution in [-0.4, -0.2) is 60.5 Å². The Morgan fingerprint density at radius 3 is 2.30 bits per heavy atom. The van der Waals surface area contributed by atoms with Crippen molar-refractivity contribution in [3.8, 4) is 0 Å². The number of rotatable bonds is 9. The maximum absolute atomic E-state index is 13.1. The Morgan fingerprint density at radius 1 is 1.05 bits per heavy atom. The Balaban J connectivity index is 1.32. The van der Waals surface area contributed by atoms with Gasteiger partial charge < -0.3 is 15.0 Å². The topological polar surface area (TPSA) is 91.6 Å². The molecule has 1 amide bonds. The standard InChI is InChI=1S/C29H34F3N3O4S/c1-2-40(38,39)25-8-3-19(4-9-25)26(18-36)33-28(37)20-5-10-27-21(15-20)16-24(35(27)23-6-7-23)17-34-13-11-22(12-14-34)29(30,31)32/h3-5,8-10,15-16,22-23,26,36H,2,6-7,11-14,17-18H2,1H3,(H,33,37)/t26-/m0/s1. The Bertz CT molecular complexity index is 1470. The minimum absolute atomic E-state index is 0.0181. The number of hydrogen-bond acceptors (Lipinski definition) is 5. The number of piperidine rings is 1. The summed E-state index contributed by atoms with van der Waals surface area (Å²) in [5.41, 5.74) is 3.03. The number of nitrogens with zero attached hydrogens (tertiary/aromatic N) is 2. The quantitative estimate of drug-likeness (QED) is 0.373. The van der Waals surface area contributed by atoms with Gasteiger partial charge in [0, 0.05) is 34.7 Å². The number of aliphatic hydroxyl groups is 1. The lowest BCUT2D eigenvalue weighted by Crippen LogP contribution is -2.38. The molecule has 2 heterocycles. The first-order chi connectivity index (χ1) is 19.0. The van der Waals surface area contributed by atoms with Crippen LogP contribution < -0.4 is 5.32 Å². The van der Waals surface area contributed by atoms with E-state index in [9.17, 15) is 31.5 Å². The SMILES string of the molecule is CCS(=O)(=O)c1ccc([C@H](CO)NC(=O)c2ccc3c(c2)cc(CN2CCC(C(F)(F)F)CC2)n3C2CC2)cc1. The van der Waals surface area contributed by atoms with E-state index in [0.29, 0.717) is 36.8 Å². The van der Waals surface area contributed by atoms with Gasteiger partial charge in [-0.15, -0.1) is 0 Å². The number of halogens is 3. The molecule has 2 aliphatic rings. The number of carbonyl (C=O) groups excluding carboxylic acids is 1. The summed E-state index contributed by atoms with van der Waals surface area (Å²) in [4.78, 5) is 15.4. The lowest BCUT2D eigenvalue weighted by molar-refractivity contribution is -0.185. The summed E-state index contributed by atoms with van der Waals surface area (Å²) in [5.74, 6) is -1.62. The van der Waals surface area contributed by atoms with Gasteiger partial charge >= 0.3 is 6.18 Å². The van der Waals surface area contributed by atoms with Crippen LogP contribution in [0.1, 0.15) is 66.3 Å². The minimum atomic E-state index is -4.14. The van der Waals surface area contributed by atoms with Crippen LogP contribution in [0.2, 0.25) is 0 Å². The third kappa shape index (κ3) is 6.06. The molecule has 1 aliphatic heterocycles. The highest BCUT2D eigenvalue weighted by molar-refractivity contribution is 7.91. The first-order valence-corrected chi connectivity index (χ1v) is 15.3. The molecule has 7 nitrogen and oxygen atoms in total. The van der Waals surface area contributed by atoms with Crippen molar-refractivity contribution >= 4 is 26.6 Å². The lowest BCUT2D eigenvalue weighted by Gasteiger charge is -2.33. The highest BCUT2D eigenvalue weighted by Gasteiger charge is 2.41. The number of carbonyl (C=O) groups is 1. The van der Waals surface area contributed by atoms with Crippen LogP contribution in [0.4, 0.5) is 13.2 Å². The van der Waals surface area contributed by atoms with Gasteiger partial charge in [0.25, 0.3) is 5.91 Å². The van der Waals surface area contributed by atoms with E-state index < -0.39 is 28.0 Å². The second-order valence-electron chi connectivity index (χ2n) is 10.8. The van der Waals surface area contributed by atoms with Crippen molar-refractivity contribution in [1.29, 1.82) is 0 Å². The maximum Gasteiger partial charge on any atom is 0.391 e. The molecule has 2 aromatic carbocycles. The molecule has 0 unspecified atom stereocenters. The van der Waals surface area contributed by atoms with Crippen molar-refractivity contribution in [2.24, 2.45) is 5.92 Å². The fraction of sp³-hybridized carbons (Fsp3) is 0.483. The minimum Gasteiger partial charge on any atom is -0.394 e. The molecule has 1 aromatic heterocycles. The molecule has 0 spiro atoms. The van der Waals surface area contributed by atoms with Crippen LogP contribution in [-0.2, 0) is 16.4 Å². The van der Waals surface area contributed by atoms with Crippen LogP contribution in [0.5, 0.6) is 0 Å². The predicted molar refractivity (Wildman–Crippen MR) is 146 cm³/mol. The number of aliphatic hydroxyl groups excluding tert-OH is 1. The largest absolute Gasteiger partial charge is 0.394 e. The summed E-state index contributed by atoms with van der Waals surface area (Å²) in [7, 11) is -3.36. The van der Waals surface area contributed by atoms with Crippen LogP contribution in [0.3, 0.4) is 0 Å². The van der Waals surface area contributed by atoms with Gasteiger partial charge in [0.1, 0.15) is 0 Å². The van der Waals surface area contributed by atoms with Crippen LogP contribution in [0, 0.1) is 5.92 Å². The molecule has 0 bridgehead atoms.